The minimum atomic E-state index is -3.91. The largest absolute Gasteiger partial charge is 0.332 e. The molecule has 0 N–H and O–H groups in total. The monoisotopic (exact) mass is 505 g/mol. The molecular formula is C27H27N3O3S2. The van der Waals surface area contributed by atoms with Gasteiger partial charge in [0.05, 0.1) is 18.6 Å². The van der Waals surface area contributed by atoms with Gasteiger partial charge in [0.25, 0.3) is 0 Å². The number of hydrogen-bond acceptors (Lipinski definition) is 5. The Morgan fingerprint density at radius 2 is 1.77 bits per heavy atom. The maximum atomic E-state index is 13.8. The molecule has 0 bridgehead atoms. The molecule has 180 valence electrons. The van der Waals surface area contributed by atoms with Gasteiger partial charge in [-0.3, -0.25) is 9.78 Å². The zero-order valence-electron chi connectivity index (χ0n) is 19.5. The van der Waals surface area contributed by atoms with Gasteiger partial charge in [0.15, 0.2) is 0 Å². The van der Waals surface area contributed by atoms with Crippen molar-refractivity contribution in [3.05, 3.63) is 94.3 Å². The fourth-order valence-electron chi connectivity index (χ4n) is 4.19. The average molecular weight is 506 g/mol. The van der Waals surface area contributed by atoms with E-state index in [1.807, 2.05) is 60.8 Å². The van der Waals surface area contributed by atoms with Crippen LogP contribution in [0.1, 0.15) is 28.8 Å². The average Bonchev–Trinajstić information content (AvgIpc) is 3.63. The molecule has 5 rings (SSSR count). The number of carbonyl (C=O) groups excluding carboxylic acids is 1. The number of benzene rings is 2. The van der Waals surface area contributed by atoms with Crippen molar-refractivity contribution in [1.82, 2.24) is 14.2 Å². The van der Waals surface area contributed by atoms with Crippen molar-refractivity contribution in [3.8, 4) is 0 Å². The number of para-hydroxylation sites is 1. The number of sulfonamides is 1. The second-order valence-corrected chi connectivity index (χ2v) is 11.7. The summed E-state index contributed by atoms with van der Waals surface area (Å²) in [7, 11) is -3.91. The Bertz CT molecular complexity index is 1440. The Labute approximate surface area is 209 Å². The molecule has 1 aliphatic rings. The summed E-state index contributed by atoms with van der Waals surface area (Å²) >= 11 is 1.61. The Morgan fingerprint density at radius 3 is 2.49 bits per heavy atom. The van der Waals surface area contributed by atoms with Crippen molar-refractivity contribution in [3.63, 3.8) is 0 Å². The van der Waals surface area contributed by atoms with Crippen LogP contribution in [0.5, 0.6) is 0 Å². The second-order valence-electron chi connectivity index (χ2n) is 8.87. The Kier molecular flexibility index (Phi) is 6.69. The van der Waals surface area contributed by atoms with Crippen molar-refractivity contribution in [2.45, 2.75) is 43.8 Å². The third-order valence-corrected chi connectivity index (χ3v) is 9.24. The number of carbonyl (C=O) groups is 1. The molecule has 0 atom stereocenters. The number of thiophene rings is 1. The number of rotatable bonds is 9. The van der Waals surface area contributed by atoms with E-state index in [0.29, 0.717) is 18.6 Å². The van der Waals surface area contributed by atoms with Crippen molar-refractivity contribution in [2.24, 2.45) is 0 Å². The number of nitrogens with zero attached hydrogens (tertiary/aromatic N) is 3. The van der Waals surface area contributed by atoms with E-state index in [1.165, 1.54) is 4.31 Å². The van der Waals surface area contributed by atoms with Crippen molar-refractivity contribution < 1.29 is 13.2 Å². The molecule has 2 aromatic heterocycles. The van der Waals surface area contributed by atoms with Crippen LogP contribution in [0.2, 0.25) is 0 Å². The predicted molar refractivity (Wildman–Crippen MR) is 138 cm³/mol. The molecule has 8 heteroatoms. The summed E-state index contributed by atoms with van der Waals surface area (Å²) in [6, 6.07) is 20.5. The van der Waals surface area contributed by atoms with Gasteiger partial charge in [-0.25, -0.2) is 8.42 Å². The zero-order valence-corrected chi connectivity index (χ0v) is 21.1. The highest BCUT2D eigenvalue weighted by atomic mass is 32.2. The summed E-state index contributed by atoms with van der Waals surface area (Å²) in [6.07, 6.45) is 3.11. The lowest BCUT2D eigenvalue weighted by Gasteiger charge is -2.27. The van der Waals surface area contributed by atoms with Gasteiger partial charge in [0.1, 0.15) is 4.90 Å². The second kappa shape index (κ2) is 9.89. The molecule has 2 aromatic carbocycles. The van der Waals surface area contributed by atoms with E-state index in [9.17, 15) is 13.2 Å². The van der Waals surface area contributed by atoms with Crippen LogP contribution in [-0.2, 0) is 27.9 Å². The summed E-state index contributed by atoms with van der Waals surface area (Å²) in [4.78, 5) is 21.0. The SMILES string of the molecule is Cc1ccsc1CN(Cc1ccccc1)C(=O)CN(C1CC1)S(=O)(=O)c1cccc2cccnc12. The molecule has 0 spiro atoms. The minimum absolute atomic E-state index is 0.152. The van der Waals surface area contributed by atoms with Crippen LogP contribution in [0.4, 0.5) is 0 Å². The van der Waals surface area contributed by atoms with Crippen LogP contribution in [0.3, 0.4) is 0 Å². The molecule has 0 unspecified atom stereocenters. The molecule has 1 aliphatic carbocycles. The molecule has 0 saturated heterocycles. The number of hydrogen-bond donors (Lipinski definition) is 0. The zero-order chi connectivity index (χ0) is 24.4. The molecule has 2 heterocycles. The van der Waals surface area contributed by atoms with Gasteiger partial charge in [0.2, 0.25) is 15.9 Å². The standard InChI is InChI=1S/C27H27N3O3S2/c1-20-14-16-34-24(20)18-29(17-21-7-3-2-4-8-21)26(31)19-30(23-12-13-23)35(32,33)25-11-5-9-22-10-6-15-28-27(22)25/h2-11,14-16,23H,12-13,17-19H2,1H3. The van der Waals surface area contributed by atoms with E-state index in [2.05, 4.69) is 4.98 Å². The first-order valence-electron chi connectivity index (χ1n) is 11.6. The molecule has 1 fully saturated rings. The van der Waals surface area contributed by atoms with Gasteiger partial charge >= 0.3 is 0 Å². The number of aryl methyl sites for hydroxylation is 1. The van der Waals surface area contributed by atoms with Gasteiger partial charge in [-0.1, -0.05) is 48.5 Å². The highest BCUT2D eigenvalue weighted by Crippen LogP contribution is 2.34. The summed E-state index contributed by atoms with van der Waals surface area (Å²) in [6.45, 7) is 2.72. The normalized spacial score (nSPS) is 13.9. The maximum absolute atomic E-state index is 13.8. The summed E-state index contributed by atoms with van der Waals surface area (Å²) < 4.78 is 29.1. The fourth-order valence-corrected chi connectivity index (χ4v) is 6.91. The number of amides is 1. The van der Waals surface area contributed by atoms with Gasteiger partial charge in [-0.05, 0) is 54.5 Å². The van der Waals surface area contributed by atoms with E-state index in [1.54, 1.807) is 40.6 Å². The first kappa shape index (κ1) is 23.7. The third kappa shape index (κ3) is 5.15. The van der Waals surface area contributed by atoms with Crippen LogP contribution in [-0.4, -0.2) is 41.1 Å². The van der Waals surface area contributed by atoms with Crippen molar-refractivity contribution in [1.29, 1.82) is 0 Å². The van der Waals surface area contributed by atoms with Crippen LogP contribution >= 0.6 is 11.3 Å². The summed E-state index contributed by atoms with van der Waals surface area (Å²) in [5, 5.41) is 2.78. The van der Waals surface area contributed by atoms with Crippen LogP contribution in [0, 0.1) is 6.92 Å². The van der Waals surface area contributed by atoms with Crippen LogP contribution < -0.4 is 0 Å². The molecule has 0 aliphatic heterocycles. The van der Waals surface area contributed by atoms with E-state index in [0.717, 1.165) is 34.2 Å². The molecule has 0 radical (unpaired) electrons. The van der Waals surface area contributed by atoms with Crippen LogP contribution in [0.25, 0.3) is 10.9 Å². The fraction of sp³-hybridized carbons (Fsp3) is 0.259. The predicted octanol–water partition coefficient (Wildman–Crippen LogP) is 4.99. The van der Waals surface area contributed by atoms with Crippen molar-refractivity contribution in [2.75, 3.05) is 6.54 Å². The van der Waals surface area contributed by atoms with E-state index >= 15 is 0 Å². The van der Waals surface area contributed by atoms with Gasteiger partial charge in [0, 0.05) is 29.0 Å². The first-order chi connectivity index (χ1) is 16.9. The smallest absolute Gasteiger partial charge is 0.245 e. The molecule has 4 aromatic rings. The van der Waals surface area contributed by atoms with Gasteiger partial charge in [-0.15, -0.1) is 11.3 Å². The summed E-state index contributed by atoms with van der Waals surface area (Å²) in [5.74, 6) is -0.203. The lowest BCUT2D eigenvalue weighted by atomic mass is 10.2. The molecule has 1 amide bonds. The van der Waals surface area contributed by atoms with Crippen molar-refractivity contribution >= 4 is 38.2 Å². The van der Waals surface area contributed by atoms with Gasteiger partial charge in [-0.2, -0.15) is 4.31 Å². The number of aromatic nitrogens is 1. The third-order valence-electron chi connectivity index (χ3n) is 6.30. The minimum Gasteiger partial charge on any atom is -0.332 e. The Hall–Kier alpha value is -3.07. The Morgan fingerprint density at radius 1 is 1.00 bits per heavy atom. The molecule has 1 saturated carbocycles. The van der Waals surface area contributed by atoms with E-state index in [-0.39, 0.29) is 23.4 Å². The summed E-state index contributed by atoms with van der Waals surface area (Å²) in [5.41, 5.74) is 2.58. The first-order valence-corrected chi connectivity index (χ1v) is 14.0. The maximum Gasteiger partial charge on any atom is 0.245 e. The highest BCUT2D eigenvalue weighted by molar-refractivity contribution is 7.89. The van der Waals surface area contributed by atoms with Gasteiger partial charge < -0.3 is 4.90 Å². The van der Waals surface area contributed by atoms with Crippen LogP contribution in [0.15, 0.2) is 83.2 Å². The molecule has 35 heavy (non-hydrogen) atoms. The van der Waals surface area contributed by atoms with E-state index < -0.39 is 10.0 Å². The molecular weight excluding hydrogens is 478 g/mol. The lowest BCUT2D eigenvalue weighted by Crippen LogP contribution is -2.43. The quantitative estimate of drug-likeness (QED) is 0.321. The number of pyridine rings is 1. The highest BCUT2D eigenvalue weighted by Gasteiger charge is 2.40. The number of fused-ring (bicyclic) bond motifs is 1. The Balaban J connectivity index is 1.45. The van der Waals surface area contributed by atoms with E-state index in [4.69, 9.17) is 0 Å². The topological polar surface area (TPSA) is 70.6 Å². The molecule has 6 nitrogen and oxygen atoms in total. The lowest BCUT2D eigenvalue weighted by molar-refractivity contribution is -0.132.